The molecule has 0 aliphatic rings. The summed E-state index contributed by atoms with van der Waals surface area (Å²) < 4.78 is 5.79. The molecule has 3 rings (SSSR count). The lowest BCUT2D eigenvalue weighted by molar-refractivity contribution is 0.483. The van der Waals surface area contributed by atoms with Gasteiger partial charge in [0, 0.05) is 16.8 Å². The lowest BCUT2D eigenvalue weighted by Crippen LogP contribution is -2.06. The summed E-state index contributed by atoms with van der Waals surface area (Å²) in [5.74, 6) is 1.64. The van der Waals surface area contributed by atoms with Crippen LogP contribution in [-0.2, 0) is 0 Å². The van der Waals surface area contributed by atoms with Gasteiger partial charge in [-0.2, -0.15) is 0 Å². The van der Waals surface area contributed by atoms with Crippen LogP contribution < -0.4 is 10.1 Å². The van der Waals surface area contributed by atoms with E-state index in [0.717, 1.165) is 27.8 Å². The molecular formula is C20H18ClNO. The second-order valence-corrected chi connectivity index (χ2v) is 5.73. The first kappa shape index (κ1) is 15.4. The molecule has 0 aromatic heterocycles. The van der Waals surface area contributed by atoms with Gasteiger partial charge in [-0.3, -0.25) is 0 Å². The molecular weight excluding hydrogens is 306 g/mol. The van der Waals surface area contributed by atoms with Crippen LogP contribution in [0.25, 0.3) is 0 Å². The van der Waals surface area contributed by atoms with Gasteiger partial charge in [0.15, 0.2) is 0 Å². The molecule has 0 aliphatic carbocycles. The van der Waals surface area contributed by atoms with Gasteiger partial charge in [0.1, 0.15) is 11.5 Å². The fourth-order valence-corrected chi connectivity index (χ4v) is 2.70. The minimum atomic E-state index is 0.129. The number of hydrogen-bond donors (Lipinski definition) is 1. The molecule has 0 heterocycles. The number of benzene rings is 3. The van der Waals surface area contributed by atoms with Crippen molar-refractivity contribution < 1.29 is 4.74 Å². The van der Waals surface area contributed by atoms with Crippen LogP contribution in [0.3, 0.4) is 0 Å². The number of rotatable bonds is 5. The first-order chi connectivity index (χ1) is 11.2. The van der Waals surface area contributed by atoms with Gasteiger partial charge in [-0.25, -0.2) is 0 Å². The molecule has 1 atom stereocenters. The third-order valence-corrected chi connectivity index (χ3v) is 3.93. The quantitative estimate of drug-likeness (QED) is 0.594. The van der Waals surface area contributed by atoms with Gasteiger partial charge in [-0.05, 0) is 55.0 Å². The largest absolute Gasteiger partial charge is 0.457 e. The van der Waals surface area contributed by atoms with Crippen LogP contribution in [0.2, 0.25) is 5.02 Å². The highest BCUT2D eigenvalue weighted by atomic mass is 35.5. The van der Waals surface area contributed by atoms with E-state index >= 15 is 0 Å². The lowest BCUT2D eigenvalue weighted by atomic mass is 10.1. The molecule has 2 nitrogen and oxygen atoms in total. The zero-order chi connectivity index (χ0) is 16.1. The highest BCUT2D eigenvalue weighted by molar-refractivity contribution is 6.31. The molecule has 23 heavy (non-hydrogen) atoms. The van der Waals surface area contributed by atoms with Gasteiger partial charge in [-0.15, -0.1) is 0 Å². The smallest absolute Gasteiger partial charge is 0.127 e. The molecule has 0 saturated heterocycles. The average Bonchev–Trinajstić information content (AvgIpc) is 2.58. The number of halogens is 1. The molecule has 3 heteroatoms. The molecule has 1 unspecified atom stereocenters. The predicted molar refractivity (Wildman–Crippen MR) is 96.4 cm³/mol. The molecule has 0 radical (unpaired) electrons. The molecule has 0 fully saturated rings. The van der Waals surface area contributed by atoms with E-state index in [0.29, 0.717) is 0 Å². The number of para-hydroxylation sites is 1. The third-order valence-electron chi connectivity index (χ3n) is 3.59. The number of anilines is 1. The second kappa shape index (κ2) is 7.21. The summed E-state index contributed by atoms with van der Waals surface area (Å²) in [7, 11) is 0. The number of ether oxygens (including phenoxy) is 1. The van der Waals surface area contributed by atoms with E-state index in [1.807, 2.05) is 78.9 Å². The van der Waals surface area contributed by atoms with E-state index < -0.39 is 0 Å². The minimum Gasteiger partial charge on any atom is -0.457 e. The summed E-state index contributed by atoms with van der Waals surface area (Å²) in [5, 5.41) is 4.22. The summed E-state index contributed by atoms with van der Waals surface area (Å²) in [6, 6.07) is 25.7. The van der Waals surface area contributed by atoms with E-state index in [1.54, 1.807) is 0 Å². The Labute approximate surface area is 141 Å². The molecule has 0 spiro atoms. The highest BCUT2D eigenvalue weighted by Crippen LogP contribution is 2.27. The standard InChI is InChI=1S/C20H18ClNO/c1-15(19-9-5-6-10-20(19)21)22-16-11-13-18(14-12-16)23-17-7-3-2-4-8-17/h2-15,22H,1H3. The van der Waals surface area contributed by atoms with Gasteiger partial charge in [0.2, 0.25) is 0 Å². The minimum absolute atomic E-state index is 0.129. The van der Waals surface area contributed by atoms with Crippen LogP contribution in [0.5, 0.6) is 11.5 Å². The fraction of sp³-hybridized carbons (Fsp3) is 0.100. The van der Waals surface area contributed by atoms with Crippen molar-refractivity contribution in [1.82, 2.24) is 0 Å². The zero-order valence-corrected chi connectivity index (χ0v) is 13.6. The molecule has 0 bridgehead atoms. The van der Waals surface area contributed by atoms with Crippen LogP contribution in [0, 0.1) is 0 Å². The van der Waals surface area contributed by atoms with E-state index in [1.165, 1.54) is 0 Å². The Hall–Kier alpha value is -2.45. The molecule has 3 aromatic rings. The van der Waals surface area contributed by atoms with Crippen molar-refractivity contribution in [2.75, 3.05) is 5.32 Å². The molecule has 0 aliphatic heterocycles. The number of nitrogens with one attached hydrogen (secondary N) is 1. The van der Waals surface area contributed by atoms with Gasteiger partial charge < -0.3 is 10.1 Å². The van der Waals surface area contributed by atoms with E-state index in [9.17, 15) is 0 Å². The lowest BCUT2D eigenvalue weighted by Gasteiger charge is -2.17. The Morgan fingerprint density at radius 1 is 0.783 bits per heavy atom. The summed E-state index contributed by atoms with van der Waals surface area (Å²) in [6.07, 6.45) is 0. The van der Waals surface area contributed by atoms with Crippen molar-refractivity contribution in [3.63, 3.8) is 0 Å². The maximum atomic E-state index is 6.24. The fourth-order valence-electron chi connectivity index (χ4n) is 2.40. The molecule has 116 valence electrons. The molecule has 0 saturated carbocycles. The van der Waals surface area contributed by atoms with Gasteiger partial charge >= 0.3 is 0 Å². The normalized spacial score (nSPS) is 11.7. The van der Waals surface area contributed by atoms with E-state index in [4.69, 9.17) is 16.3 Å². The summed E-state index contributed by atoms with van der Waals surface area (Å²) in [6.45, 7) is 2.09. The summed E-state index contributed by atoms with van der Waals surface area (Å²) in [4.78, 5) is 0. The van der Waals surface area contributed by atoms with Crippen LogP contribution in [0.4, 0.5) is 5.69 Å². The average molecular weight is 324 g/mol. The summed E-state index contributed by atoms with van der Waals surface area (Å²) in [5.41, 5.74) is 2.11. The van der Waals surface area contributed by atoms with Crippen molar-refractivity contribution in [2.45, 2.75) is 13.0 Å². The Balaban J connectivity index is 1.67. The van der Waals surface area contributed by atoms with Crippen LogP contribution in [0.15, 0.2) is 78.9 Å². The predicted octanol–water partition coefficient (Wildman–Crippen LogP) is 6.31. The Morgan fingerprint density at radius 3 is 2.09 bits per heavy atom. The zero-order valence-electron chi connectivity index (χ0n) is 12.9. The van der Waals surface area contributed by atoms with Crippen molar-refractivity contribution in [2.24, 2.45) is 0 Å². The first-order valence-electron chi connectivity index (χ1n) is 7.56. The Kier molecular flexibility index (Phi) is 4.84. The maximum Gasteiger partial charge on any atom is 0.127 e. The third kappa shape index (κ3) is 4.05. The monoisotopic (exact) mass is 323 g/mol. The number of hydrogen-bond acceptors (Lipinski definition) is 2. The van der Waals surface area contributed by atoms with Gasteiger partial charge in [0.25, 0.3) is 0 Å². The van der Waals surface area contributed by atoms with Crippen LogP contribution >= 0.6 is 11.6 Å². The van der Waals surface area contributed by atoms with Crippen LogP contribution in [-0.4, -0.2) is 0 Å². The van der Waals surface area contributed by atoms with E-state index in [-0.39, 0.29) is 6.04 Å². The second-order valence-electron chi connectivity index (χ2n) is 5.33. The van der Waals surface area contributed by atoms with Crippen molar-refractivity contribution >= 4 is 17.3 Å². The van der Waals surface area contributed by atoms with Crippen molar-refractivity contribution in [1.29, 1.82) is 0 Å². The van der Waals surface area contributed by atoms with E-state index in [2.05, 4.69) is 12.2 Å². The molecule has 0 amide bonds. The van der Waals surface area contributed by atoms with Crippen LogP contribution in [0.1, 0.15) is 18.5 Å². The highest BCUT2D eigenvalue weighted by Gasteiger charge is 2.08. The summed E-state index contributed by atoms with van der Waals surface area (Å²) >= 11 is 6.24. The Bertz CT molecular complexity index is 756. The molecule has 1 N–H and O–H groups in total. The van der Waals surface area contributed by atoms with Crippen molar-refractivity contribution in [3.8, 4) is 11.5 Å². The Morgan fingerprint density at radius 2 is 1.39 bits per heavy atom. The van der Waals surface area contributed by atoms with Crippen molar-refractivity contribution in [3.05, 3.63) is 89.4 Å². The topological polar surface area (TPSA) is 21.3 Å². The van der Waals surface area contributed by atoms with Gasteiger partial charge in [0.05, 0.1) is 0 Å². The molecule has 3 aromatic carbocycles. The SMILES string of the molecule is CC(Nc1ccc(Oc2ccccc2)cc1)c1ccccc1Cl. The van der Waals surface area contributed by atoms with Gasteiger partial charge in [-0.1, -0.05) is 48.0 Å². The first-order valence-corrected chi connectivity index (χ1v) is 7.94. The maximum absolute atomic E-state index is 6.24.